The summed E-state index contributed by atoms with van der Waals surface area (Å²) in [4.78, 5) is 22.6. The van der Waals surface area contributed by atoms with Gasteiger partial charge in [-0.05, 0) is 37.6 Å². The lowest BCUT2D eigenvalue weighted by Crippen LogP contribution is -2.22. The Labute approximate surface area is 109 Å². The maximum atomic E-state index is 12.0. The van der Waals surface area contributed by atoms with Crippen molar-refractivity contribution in [2.45, 2.75) is 13.8 Å². The first-order chi connectivity index (χ1) is 8.97. The van der Waals surface area contributed by atoms with Crippen molar-refractivity contribution in [3.05, 3.63) is 53.0 Å². The molecular weight excluding hydrogens is 246 g/mol. The Balaban J connectivity index is 2.15. The number of carboxylic acid groups (broad SMARTS) is 1. The first-order valence-corrected chi connectivity index (χ1v) is 5.67. The number of amides is 1. The molecule has 0 fully saturated rings. The molecule has 2 aromatic rings. The largest absolute Gasteiger partial charge is 0.545 e. The summed E-state index contributed by atoms with van der Waals surface area (Å²) in [7, 11) is 0. The van der Waals surface area contributed by atoms with Crippen LogP contribution in [-0.4, -0.2) is 11.9 Å². The minimum absolute atomic E-state index is 0.0633. The Morgan fingerprint density at radius 1 is 1.16 bits per heavy atom. The summed E-state index contributed by atoms with van der Waals surface area (Å²) in [6.45, 7) is 3.47. The molecule has 0 saturated heterocycles. The first kappa shape index (κ1) is 12.9. The van der Waals surface area contributed by atoms with Gasteiger partial charge in [0, 0.05) is 5.69 Å². The van der Waals surface area contributed by atoms with Crippen molar-refractivity contribution in [1.82, 2.24) is 0 Å². The fourth-order valence-electron chi connectivity index (χ4n) is 1.74. The second-order valence-corrected chi connectivity index (χ2v) is 4.15. The van der Waals surface area contributed by atoms with E-state index in [-0.39, 0.29) is 11.5 Å². The minimum Gasteiger partial charge on any atom is -0.545 e. The third-order valence-electron chi connectivity index (χ3n) is 2.66. The first-order valence-electron chi connectivity index (χ1n) is 5.67. The van der Waals surface area contributed by atoms with Crippen molar-refractivity contribution in [2.75, 3.05) is 5.32 Å². The molecule has 0 aliphatic rings. The average Bonchev–Trinajstić information content (AvgIpc) is 2.69. The summed E-state index contributed by atoms with van der Waals surface area (Å²) in [5.74, 6) is -0.342. The maximum absolute atomic E-state index is 12.0. The van der Waals surface area contributed by atoms with Crippen LogP contribution < -0.4 is 10.4 Å². The molecule has 0 saturated carbocycles. The van der Waals surface area contributed by atoms with Crippen LogP contribution in [-0.2, 0) is 0 Å². The second kappa shape index (κ2) is 4.97. The van der Waals surface area contributed by atoms with Crippen LogP contribution in [0, 0.1) is 13.8 Å². The van der Waals surface area contributed by atoms with E-state index in [1.54, 1.807) is 19.9 Å². The lowest BCUT2D eigenvalue weighted by molar-refractivity contribution is -0.255. The summed E-state index contributed by atoms with van der Waals surface area (Å²) < 4.78 is 5.28. The Bertz CT molecular complexity index is 625. The highest BCUT2D eigenvalue weighted by Crippen LogP contribution is 2.16. The van der Waals surface area contributed by atoms with Crippen LogP contribution in [0.1, 0.15) is 32.2 Å². The Morgan fingerprint density at radius 2 is 1.79 bits per heavy atom. The molecule has 1 N–H and O–H groups in total. The number of hydrogen-bond acceptors (Lipinski definition) is 4. The molecule has 0 aliphatic heterocycles. The van der Waals surface area contributed by atoms with E-state index in [0.29, 0.717) is 22.8 Å². The molecule has 0 atom stereocenters. The third kappa shape index (κ3) is 2.82. The molecule has 2 rings (SSSR count). The van der Waals surface area contributed by atoms with E-state index in [9.17, 15) is 14.7 Å². The lowest BCUT2D eigenvalue weighted by Gasteiger charge is -2.06. The molecule has 0 spiro atoms. The number of rotatable bonds is 3. The zero-order valence-electron chi connectivity index (χ0n) is 10.5. The van der Waals surface area contributed by atoms with Crippen LogP contribution in [0.2, 0.25) is 0 Å². The summed E-state index contributed by atoms with van der Waals surface area (Å²) in [5.41, 5.74) is 1.03. The van der Waals surface area contributed by atoms with Crippen molar-refractivity contribution in [2.24, 2.45) is 0 Å². The number of nitrogens with one attached hydrogen (secondary N) is 1. The molecule has 19 heavy (non-hydrogen) atoms. The molecule has 0 aliphatic carbocycles. The number of anilines is 1. The van der Waals surface area contributed by atoms with E-state index < -0.39 is 5.97 Å². The number of carbonyl (C=O) groups excluding carboxylic acids is 2. The molecule has 5 heteroatoms. The second-order valence-electron chi connectivity index (χ2n) is 4.15. The fraction of sp³-hybridized carbons (Fsp3) is 0.143. The predicted molar refractivity (Wildman–Crippen MR) is 66.9 cm³/mol. The highest BCUT2D eigenvalue weighted by molar-refractivity contribution is 6.05. The van der Waals surface area contributed by atoms with Crippen LogP contribution in [0.15, 0.2) is 34.7 Å². The molecule has 5 nitrogen and oxygen atoms in total. The lowest BCUT2D eigenvalue weighted by atomic mass is 10.2. The van der Waals surface area contributed by atoms with Gasteiger partial charge < -0.3 is 19.6 Å². The molecule has 1 aromatic heterocycles. The number of carbonyl (C=O) groups is 2. The number of hydrogen-bond donors (Lipinski definition) is 1. The number of furan rings is 1. The van der Waals surface area contributed by atoms with Crippen molar-refractivity contribution < 1.29 is 19.1 Å². The van der Waals surface area contributed by atoms with Crippen LogP contribution in [0.5, 0.6) is 0 Å². The summed E-state index contributed by atoms with van der Waals surface area (Å²) in [5, 5.41) is 13.3. The average molecular weight is 258 g/mol. The van der Waals surface area contributed by atoms with Gasteiger partial charge in [-0.25, -0.2) is 0 Å². The highest BCUT2D eigenvalue weighted by Gasteiger charge is 2.13. The molecular formula is C14H12NO4-. The molecule has 1 amide bonds. The van der Waals surface area contributed by atoms with Gasteiger partial charge in [-0.15, -0.1) is 0 Å². The summed E-state index contributed by atoms with van der Waals surface area (Å²) in [6.07, 6.45) is 0. The zero-order chi connectivity index (χ0) is 14.0. The maximum Gasteiger partial charge on any atom is 0.259 e. The summed E-state index contributed by atoms with van der Waals surface area (Å²) in [6, 6.07) is 7.41. The third-order valence-corrected chi connectivity index (χ3v) is 2.66. The van der Waals surface area contributed by atoms with Gasteiger partial charge in [0.25, 0.3) is 5.91 Å². The SMILES string of the molecule is Cc1cc(C(=O)Nc2ccc(C(=O)[O-])cc2)c(C)o1. The van der Waals surface area contributed by atoms with Gasteiger partial charge in [-0.1, -0.05) is 12.1 Å². The zero-order valence-corrected chi connectivity index (χ0v) is 10.5. The Hall–Kier alpha value is -2.56. The summed E-state index contributed by atoms with van der Waals surface area (Å²) >= 11 is 0. The quantitative estimate of drug-likeness (QED) is 0.904. The van der Waals surface area contributed by atoms with E-state index in [1.165, 1.54) is 24.3 Å². The topological polar surface area (TPSA) is 82.4 Å². The standard InChI is InChI=1S/C14H13NO4/c1-8-7-12(9(2)19-8)13(16)15-11-5-3-10(4-6-11)14(17)18/h3-7H,1-2H3,(H,15,16)(H,17,18)/p-1. The van der Waals surface area contributed by atoms with Crippen molar-refractivity contribution in [1.29, 1.82) is 0 Å². The number of benzene rings is 1. The number of carboxylic acids is 1. The molecule has 0 bridgehead atoms. The van der Waals surface area contributed by atoms with Gasteiger partial charge in [-0.3, -0.25) is 4.79 Å². The van der Waals surface area contributed by atoms with Crippen LogP contribution >= 0.6 is 0 Å². The van der Waals surface area contributed by atoms with Gasteiger partial charge in [-0.2, -0.15) is 0 Å². The van der Waals surface area contributed by atoms with Crippen molar-refractivity contribution in [3.8, 4) is 0 Å². The molecule has 1 heterocycles. The molecule has 0 radical (unpaired) electrons. The monoisotopic (exact) mass is 258 g/mol. The predicted octanol–water partition coefficient (Wildman–Crippen LogP) is 1.51. The smallest absolute Gasteiger partial charge is 0.259 e. The molecule has 98 valence electrons. The number of aryl methyl sites for hydroxylation is 2. The van der Waals surface area contributed by atoms with E-state index in [1.807, 2.05) is 0 Å². The van der Waals surface area contributed by atoms with Crippen molar-refractivity contribution in [3.63, 3.8) is 0 Å². The van der Waals surface area contributed by atoms with Gasteiger partial charge in [0.1, 0.15) is 11.5 Å². The van der Waals surface area contributed by atoms with Gasteiger partial charge in [0.15, 0.2) is 0 Å². The van der Waals surface area contributed by atoms with E-state index in [2.05, 4.69) is 5.32 Å². The Kier molecular flexibility index (Phi) is 3.37. The van der Waals surface area contributed by atoms with Gasteiger partial charge >= 0.3 is 0 Å². The van der Waals surface area contributed by atoms with Crippen molar-refractivity contribution >= 4 is 17.6 Å². The minimum atomic E-state index is -1.25. The van der Waals surface area contributed by atoms with E-state index >= 15 is 0 Å². The number of aromatic carboxylic acids is 1. The molecule has 0 unspecified atom stereocenters. The van der Waals surface area contributed by atoms with Crippen LogP contribution in [0.3, 0.4) is 0 Å². The highest BCUT2D eigenvalue weighted by atomic mass is 16.4. The van der Waals surface area contributed by atoms with Gasteiger partial charge in [0.2, 0.25) is 0 Å². The van der Waals surface area contributed by atoms with Crippen LogP contribution in [0.4, 0.5) is 5.69 Å². The molecule has 1 aromatic carbocycles. The van der Waals surface area contributed by atoms with E-state index in [0.717, 1.165) is 0 Å². The van der Waals surface area contributed by atoms with Crippen LogP contribution in [0.25, 0.3) is 0 Å². The van der Waals surface area contributed by atoms with Gasteiger partial charge in [0.05, 0.1) is 11.5 Å². The fourth-order valence-corrected chi connectivity index (χ4v) is 1.74. The van der Waals surface area contributed by atoms with E-state index in [4.69, 9.17) is 4.42 Å². The normalized spacial score (nSPS) is 10.2. The Morgan fingerprint density at radius 3 is 2.26 bits per heavy atom.